The number of rotatable bonds is 4. The molecule has 0 fully saturated rings. The second-order valence-corrected chi connectivity index (χ2v) is 12.4. The van der Waals surface area contributed by atoms with Gasteiger partial charge in [0.1, 0.15) is 0 Å². The van der Waals surface area contributed by atoms with Gasteiger partial charge in [-0.1, -0.05) is 164 Å². The van der Waals surface area contributed by atoms with Crippen LogP contribution in [0.2, 0.25) is 0 Å². The molecule has 0 aliphatic heterocycles. The molecule has 0 atom stereocenters. The molecule has 9 rings (SSSR count). The lowest BCUT2D eigenvalue weighted by Gasteiger charge is -2.30. The first-order chi connectivity index (χ1) is 23.2. The molecule has 2 aliphatic rings. The van der Waals surface area contributed by atoms with Crippen LogP contribution in [0.1, 0.15) is 27.8 Å². The van der Waals surface area contributed by atoms with Crippen LogP contribution in [-0.2, 0) is 12.0 Å². The van der Waals surface area contributed by atoms with Gasteiger partial charge < -0.3 is 10.6 Å². The lowest BCUT2D eigenvalue weighted by atomic mass is 9.70. The van der Waals surface area contributed by atoms with Crippen LogP contribution in [-0.4, -0.2) is 7.05 Å². The van der Waals surface area contributed by atoms with Gasteiger partial charge >= 0.3 is 0 Å². The summed E-state index contributed by atoms with van der Waals surface area (Å²) in [7, 11) is 2.09. The number of benzene rings is 7. The zero-order valence-electron chi connectivity index (χ0n) is 26.5. The van der Waals surface area contributed by atoms with Crippen LogP contribution in [0.5, 0.6) is 0 Å². The molecule has 2 heteroatoms. The number of anilines is 2. The van der Waals surface area contributed by atoms with Gasteiger partial charge in [0.05, 0.1) is 16.8 Å². The number of nitrogens with zero attached hydrogens (tertiary/aromatic N) is 1. The summed E-state index contributed by atoms with van der Waals surface area (Å²) >= 11 is 0. The molecule has 2 nitrogen and oxygen atoms in total. The number of nitrogens with two attached hydrogens (primary N) is 1. The van der Waals surface area contributed by atoms with Crippen LogP contribution in [0.3, 0.4) is 0 Å². The van der Waals surface area contributed by atoms with Gasteiger partial charge in [0.15, 0.2) is 0 Å². The monoisotopic (exact) mass is 604 g/mol. The maximum absolute atomic E-state index is 6.23. The van der Waals surface area contributed by atoms with E-state index in [1.165, 1.54) is 61.2 Å². The van der Waals surface area contributed by atoms with Crippen molar-refractivity contribution in [3.05, 3.63) is 204 Å². The van der Waals surface area contributed by atoms with E-state index in [-0.39, 0.29) is 5.41 Å². The fourth-order valence-corrected chi connectivity index (χ4v) is 7.75. The highest BCUT2D eigenvalue weighted by atomic mass is 15.1. The van der Waals surface area contributed by atoms with E-state index in [1.807, 2.05) is 54.6 Å². The third kappa shape index (κ3) is 4.64. The van der Waals surface area contributed by atoms with Crippen LogP contribution < -0.4 is 10.6 Å². The highest BCUT2D eigenvalue weighted by Crippen LogP contribution is 2.63. The van der Waals surface area contributed by atoms with Gasteiger partial charge in [0.2, 0.25) is 0 Å². The van der Waals surface area contributed by atoms with E-state index in [1.54, 1.807) is 0 Å². The van der Waals surface area contributed by atoms with Gasteiger partial charge in [-0.2, -0.15) is 0 Å². The topological polar surface area (TPSA) is 29.3 Å². The lowest BCUT2D eigenvalue weighted by molar-refractivity contribution is 0.794. The Morgan fingerprint density at radius 3 is 1.51 bits per heavy atom. The molecule has 47 heavy (non-hydrogen) atoms. The van der Waals surface area contributed by atoms with Crippen molar-refractivity contribution < 1.29 is 0 Å². The number of nitrogen functional groups attached to an aromatic ring is 1. The first-order valence-corrected chi connectivity index (χ1v) is 16.3. The Balaban J connectivity index is 0.000000489. The molecule has 2 N–H and O–H groups in total. The Kier molecular flexibility index (Phi) is 7.19. The van der Waals surface area contributed by atoms with Gasteiger partial charge in [-0.3, -0.25) is 0 Å². The lowest BCUT2D eigenvalue weighted by Crippen LogP contribution is -2.25. The normalized spacial score (nSPS) is 12.7. The second-order valence-electron chi connectivity index (χ2n) is 12.4. The number of hydrogen-bond acceptors (Lipinski definition) is 2. The van der Waals surface area contributed by atoms with Crippen molar-refractivity contribution in [2.75, 3.05) is 17.7 Å². The Hall–Kier alpha value is -5.86. The van der Waals surface area contributed by atoms with Crippen molar-refractivity contribution in [2.45, 2.75) is 12.0 Å². The molecule has 7 aromatic rings. The van der Waals surface area contributed by atoms with E-state index < -0.39 is 0 Å². The van der Waals surface area contributed by atoms with Crippen molar-refractivity contribution >= 4 is 11.4 Å². The molecule has 0 saturated heterocycles. The predicted octanol–water partition coefficient (Wildman–Crippen LogP) is 10.6. The molecule has 0 unspecified atom stereocenters. The third-order valence-electron chi connectivity index (χ3n) is 9.72. The average Bonchev–Trinajstić information content (AvgIpc) is 3.61. The maximum atomic E-state index is 6.23. The molecule has 1 spiro atoms. The van der Waals surface area contributed by atoms with E-state index in [9.17, 15) is 0 Å². The molecule has 2 aliphatic carbocycles. The van der Waals surface area contributed by atoms with Gasteiger partial charge in [-0.05, 0) is 73.3 Å². The first-order valence-electron chi connectivity index (χ1n) is 16.3. The molecule has 0 amide bonds. The Labute approximate surface area is 277 Å². The van der Waals surface area contributed by atoms with Crippen molar-refractivity contribution in [2.24, 2.45) is 0 Å². The van der Waals surface area contributed by atoms with Gasteiger partial charge in [-0.25, -0.2) is 0 Å². The SMILES string of the molecule is CN(Cc1ccc(-c2cccc3c2-c2ccccc2C32c3ccccc3-c3ccccc32)cc1)c1ccccc1N.c1ccccc1. The molecule has 226 valence electrons. The fourth-order valence-electron chi connectivity index (χ4n) is 7.75. The molecule has 0 bridgehead atoms. The van der Waals surface area contributed by atoms with Crippen molar-refractivity contribution in [3.8, 4) is 33.4 Å². The molecular formula is C45H36N2. The largest absolute Gasteiger partial charge is 0.397 e. The van der Waals surface area contributed by atoms with Gasteiger partial charge in [0, 0.05) is 13.6 Å². The highest BCUT2D eigenvalue weighted by Gasteiger charge is 2.51. The molecule has 0 aromatic heterocycles. The Morgan fingerprint density at radius 2 is 0.915 bits per heavy atom. The van der Waals surface area contributed by atoms with Crippen LogP contribution in [0.15, 0.2) is 176 Å². The summed E-state index contributed by atoms with van der Waals surface area (Å²) in [5.41, 5.74) is 22.4. The van der Waals surface area contributed by atoms with E-state index in [4.69, 9.17) is 5.73 Å². The standard InChI is InChI=1S/C39H30N2.C6H6/c1-41(37-20-9-8-19-36(37)40)25-26-21-23-27(24-22-26)28-14-10-18-35-38(28)31-13-4-7-17-34(31)39(35)32-15-5-2-11-29(32)30-12-3-6-16-33(30)39;1-2-4-6-5-3-1/h2-24H,25,40H2,1H3;1-6H. The van der Waals surface area contributed by atoms with Gasteiger partial charge in [0.25, 0.3) is 0 Å². The van der Waals surface area contributed by atoms with Crippen LogP contribution in [0, 0.1) is 0 Å². The summed E-state index contributed by atoms with van der Waals surface area (Å²) in [4.78, 5) is 2.21. The van der Waals surface area contributed by atoms with E-state index in [0.717, 1.165) is 17.9 Å². The summed E-state index contributed by atoms with van der Waals surface area (Å²) in [6, 6.07) is 62.9. The van der Waals surface area contributed by atoms with Crippen molar-refractivity contribution in [1.82, 2.24) is 0 Å². The molecular weight excluding hydrogens is 569 g/mol. The predicted molar refractivity (Wildman–Crippen MR) is 198 cm³/mol. The smallest absolute Gasteiger partial charge is 0.0725 e. The molecule has 7 aromatic carbocycles. The van der Waals surface area contributed by atoms with E-state index in [2.05, 4.69) is 133 Å². The quantitative estimate of drug-likeness (QED) is 0.203. The molecule has 0 saturated carbocycles. The Morgan fingerprint density at radius 1 is 0.447 bits per heavy atom. The summed E-state index contributed by atoms with van der Waals surface area (Å²) < 4.78 is 0. The summed E-state index contributed by atoms with van der Waals surface area (Å²) in [6.07, 6.45) is 0. The zero-order chi connectivity index (χ0) is 31.8. The summed E-state index contributed by atoms with van der Waals surface area (Å²) in [6.45, 7) is 0.793. The third-order valence-corrected chi connectivity index (χ3v) is 9.72. The average molecular weight is 605 g/mol. The second kappa shape index (κ2) is 11.8. The zero-order valence-corrected chi connectivity index (χ0v) is 26.5. The molecule has 0 radical (unpaired) electrons. The van der Waals surface area contributed by atoms with Crippen LogP contribution >= 0.6 is 0 Å². The van der Waals surface area contributed by atoms with Gasteiger partial charge in [-0.15, -0.1) is 0 Å². The number of para-hydroxylation sites is 2. The number of hydrogen-bond donors (Lipinski definition) is 1. The van der Waals surface area contributed by atoms with Crippen LogP contribution in [0.4, 0.5) is 11.4 Å². The van der Waals surface area contributed by atoms with E-state index >= 15 is 0 Å². The summed E-state index contributed by atoms with van der Waals surface area (Å²) in [5.74, 6) is 0. The van der Waals surface area contributed by atoms with Crippen molar-refractivity contribution in [1.29, 1.82) is 0 Å². The minimum absolute atomic E-state index is 0.312. The fraction of sp³-hybridized carbons (Fsp3) is 0.0667. The first kappa shape index (κ1) is 28.6. The highest BCUT2D eigenvalue weighted by molar-refractivity contribution is 5.99. The maximum Gasteiger partial charge on any atom is 0.0725 e. The summed E-state index contributed by atoms with van der Waals surface area (Å²) in [5, 5.41) is 0. The minimum atomic E-state index is -0.312. The number of fused-ring (bicyclic) bond motifs is 10. The van der Waals surface area contributed by atoms with Crippen LogP contribution in [0.25, 0.3) is 33.4 Å². The molecule has 0 heterocycles. The minimum Gasteiger partial charge on any atom is -0.397 e. The Bertz CT molecular complexity index is 2130. The van der Waals surface area contributed by atoms with E-state index in [0.29, 0.717) is 0 Å². The van der Waals surface area contributed by atoms with Crippen molar-refractivity contribution in [3.63, 3.8) is 0 Å².